The summed E-state index contributed by atoms with van der Waals surface area (Å²) in [4.78, 5) is 2.25. The zero-order valence-electron chi connectivity index (χ0n) is 15.1. The zero-order valence-corrected chi connectivity index (χ0v) is 16.1. The summed E-state index contributed by atoms with van der Waals surface area (Å²) in [5.74, 6) is 0. The molecule has 2 nitrogen and oxygen atoms in total. The summed E-state index contributed by atoms with van der Waals surface area (Å²) < 4.78 is 5.48. The van der Waals surface area contributed by atoms with E-state index in [0.29, 0.717) is 0 Å². The van der Waals surface area contributed by atoms with Crippen LogP contribution in [0.1, 0.15) is 17.5 Å². The lowest BCUT2D eigenvalue weighted by atomic mass is 10.00. The van der Waals surface area contributed by atoms with Crippen LogP contribution in [0.3, 0.4) is 0 Å². The molecule has 0 aliphatic rings. The van der Waals surface area contributed by atoms with Crippen LogP contribution in [-0.2, 0) is 4.74 Å². The molecule has 24 heavy (non-hydrogen) atoms. The van der Waals surface area contributed by atoms with Crippen LogP contribution in [0.4, 0.5) is 0 Å². The molecular weight excluding hydrogens is 310 g/mol. The summed E-state index contributed by atoms with van der Waals surface area (Å²) in [7, 11) is 5.42. The van der Waals surface area contributed by atoms with Gasteiger partial charge in [-0.05, 0) is 43.8 Å². The van der Waals surface area contributed by atoms with Gasteiger partial charge in [-0.3, -0.25) is 0 Å². The molecule has 0 fully saturated rings. The van der Waals surface area contributed by atoms with E-state index in [-0.39, 0.29) is 0 Å². The number of methoxy groups -OCH3 is 1. The lowest BCUT2D eigenvalue weighted by Gasteiger charge is -2.17. The van der Waals surface area contributed by atoms with E-state index in [1.165, 1.54) is 28.8 Å². The number of rotatable bonds is 9. The normalized spacial score (nSPS) is 11.2. The molecule has 2 rings (SSSR count). The Hall–Kier alpha value is -1.68. The Labute approximate surface area is 148 Å². The Kier molecular flexibility index (Phi) is 7.44. The van der Waals surface area contributed by atoms with Gasteiger partial charge in [0.25, 0.3) is 0 Å². The molecule has 0 aromatic heterocycles. The minimum atomic E-state index is -0.653. The first kappa shape index (κ1) is 18.7. The van der Waals surface area contributed by atoms with Gasteiger partial charge >= 0.3 is 0 Å². The smallest absolute Gasteiger partial charge is 0.116 e. The van der Waals surface area contributed by atoms with Gasteiger partial charge in [0.2, 0.25) is 0 Å². The molecule has 2 aromatic rings. The molecule has 0 aliphatic heterocycles. The van der Waals surface area contributed by atoms with Gasteiger partial charge in [0.15, 0.2) is 0 Å². The summed E-state index contributed by atoms with van der Waals surface area (Å²) >= 11 is 0. The molecule has 0 spiro atoms. The van der Waals surface area contributed by atoms with Crippen molar-refractivity contribution >= 4 is 19.6 Å². The lowest BCUT2D eigenvalue weighted by Crippen LogP contribution is -2.35. The monoisotopic (exact) mass is 338 g/mol. The highest BCUT2D eigenvalue weighted by Crippen LogP contribution is 2.20. The highest BCUT2D eigenvalue weighted by molar-refractivity contribution is 6.73. The van der Waals surface area contributed by atoms with Crippen LogP contribution >= 0.6 is 0 Å². The molecule has 1 radical (unpaired) electrons. The van der Waals surface area contributed by atoms with Gasteiger partial charge in [0.05, 0.1) is 0 Å². The number of ether oxygens (including phenoxy) is 1. The number of benzene rings is 2. The summed E-state index contributed by atoms with van der Waals surface area (Å²) in [6, 6.07) is 20.6. The molecule has 0 N–H and O–H groups in total. The maximum atomic E-state index is 5.48. The second-order valence-electron chi connectivity index (χ2n) is 6.37. The summed E-state index contributed by atoms with van der Waals surface area (Å²) in [6.45, 7) is 5.39. The van der Waals surface area contributed by atoms with E-state index in [4.69, 9.17) is 4.74 Å². The maximum absolute atomic E-state index is 5.48. The van der Waals surface area contributed by atoms with E-state index in [1.807, 2.05) is 13.2 Å². The van der Waals surface area contributed by atoms with Crippen LogP contribution in [0.25, 0.3) is 5.57 Å². The Morgan fingerprint density at radius 1 is 1.00 bits per heavy atom. The van der Waals surface area contributed by atoms with Gasteiger partial charge in [0, 0.05) is 13.3 Å². The molecule has 0 heterocycles. The van der Waals surface area contributed by atoms with Crippen molar-refractivity contribution in [3.05, 3.63) is 72.3 Å². The number of hydrogen-bond acceptors (Lipinski definition) is 2. The SMILES string of the molecule is C=C(c1ccccc1)c1ccc([Si](CCCN(C)C)COC)cc1. The third kappa shape index (κ3) is 5.44. The lowest BCUT2D eigenvalue weighted by molar-refractivity contribution is 0.249. The minimum absolute atomic E-state index is 0.653. The fourth-order valence-corrected chi connectivity index (χ4v) is 4.97. The Morgan fingerprint density at radius 2 is 1.62 bits per heavy atom. The van der Waals surface area contributed by atoms with Crippen molar-refractivity contribution in [2.45, 2.75) is 12.5 Å². The molecule has 0 atom stereocenters. The van der Waals surface area contributed by atoms with E-state index in [0.717, 1.165) is 18.3 Å². The quantitative estimate of drug-likeness (QED) is 0.648. The highest BCUT2D eigenvalue weighted by atomic mass is 28.3. The van der Waals surface area contributed by atoms with Crippen LogP contribution in [0.5, 0.6) is 0 Å². The van der Waals surface area contributed by atoms with Crippen molar-refractivity contribution in [2.75, 3.05) is 34.0 Å². The van der Waals surface area contributed by atoms with Crippen LogP contribution < -0.4 is 5.19 Å². The van der Waals surface area contributed by atoms with Gasteiger partial charge in [-0.1, -0.05) is 72.4 Å². The molecular formula is C21H28NOSi. The molecule has 0 unspecified atom stereocenters. The number of hydrogen-bond donors (Lipinski definition) is 0. The average Bonchev–Trinajstić information content (AvgIpc) is 2.61. The molecule has 0 bridgehead atoms. The van der Waals surface area contributed by atoms with Crippen LogP contribution in [0.2, 0.25) is 6.04 Å². The third-order valence-electron chi connectivity index (χ3n) is 4.17. The minimum Gasteiger partial charge on any atom is -0.388 e. The second-order valence-corrected chi connectivity index (χ2v) is 8.94. The van der Waals surface area contributed by atoms with Gasteiger partial charge < -0.3 is 9.64 Å². The molecule has 127 valence electrons. The van der Waals surface area contributed by atoms with Gasteiger partial charge in [-0.2, -0.15) is 0 Å². The fraction of sp³-hybridized carbons (Fsp3) is 0.333. The second kappa shape index (κ2) is 9.57. The van der Waals surface area contributed by atoms with E-state index in [9.17, 15) is 0 Å². The van der Waals surface area contributed by atoms with Gasteiger partial charge in [0.1, 0.15) is 8.80 Å². The maximum Gasteiger partial charge on any atom is 0.116 e. The van der Waals surface area contributed by atoms with Crippen molar-refractivity contribution in [3.63, 3.8) is 0 Å². The largest absolute Gasteiger partial charge is 0.388 e. The standard InChI is InChI=1S/C21H28NOSi/c1-18(19-9-6-5-7-10-19)20-11-13-21(14-12-20)24(17-23-4)16-8-15-22(2)3/h5-7,9-14H,1,8,15-17H2,2-4H3. The first-order valence-electron chi connectivity index (χ1n) is 8.45. The van der Waals surface area contributed by atoms with E-state index >= 15 is 0 Å². The average molecular weight is 339 g/mol. The summed E-state index contributed by atoms with van der Waals surface area (Å²) in [5, 5.41) is 1.45. The van der Waals surface area contributed by atoms with E-state index in [1.54, 1.807) is 0 Å². The predicted molar refractivity (Wildman–Crippen MR) is 106 cm³/mol. The van der Waals surface area contributed by atoms with Gasteiger partial charge in [-0.15, -0.1) is 0 Å². The van der Waals surface area contributed by atoms with Crippen LogP contribution in [0.15, 0.2) is 61.2 Å². The van der Waals surface area contributed by atoms with E-state index in [2.05, 4.69) is 74.1 Å². The Morgan fingerprint density at radius 3 is 2.21 bits per heavy atom. The third-order valence-corrected chi connectivity index (χ3v) is 6.91. The fourth-order valence-electron chi connectivity index (χ4n) is 2.80. The van der Waals surface area contributed by atoms with Gasteiger partial charge in [-0.25, -0.2) is 0 Å². The molecule has 0 amide bonds. The summed E-state index contributed by atoms with van der Waals surface area (Å²) in [6.07, 6.45) is 2.10. The number of nitrogens with zero attached hydrogens (tertiary/aromatic N) is 1. The highest BCUT2D eigenvalue weighted by Gasteiger charge is 2.14. The van der Waals surface area contributed by atoms with Crippen molar-refractivity contribution in [2.24, 2.45) is 0 Å². The molecule has 3 heteroatoms. The van der Waals surface area contributed by atoms with Crippen molar-refractivity contribution < 1.29 is 4.74 Å². The predicted octanol–water partition coefficient (Wildman–Crippen LogP) is 3.59. The van der Waals surface area contributed by atoms with Crippen molar-refractivity contribution in [1.82, 2.24) is 4.90 Å². The molecule has 0 saturated carbocycles. The zero-order chi connectivity index (χ0) is 17.4. The summed E-state index contributed by atoms with van der Waals surface area (Å²) in [5.41, 5.74) is 3.45. The first-order valence-corrected chi connectivity index (χ1v) is 10.4. The topological polar surface area (TPSA) is 12.5 Å². The molecule has 0 saturated heterocycles. The molecule has 0 aliphatic carbocycles. The van der Waals surface area contributed by atoms with Crippen molar-refractivity contribution in [3.8, 4) is 0 Å². The Bertz CT molecular complexity index is 622. The molecule has 2 aromatic carbocycles. The first-order chi connectivity index (χ1) is 11.6. The van der Waals surface area contributed by atoms with Crippen molar-refractivity contribution in [1.29, 1.82) is 0 Å². The Balaban J connectivity index is 2.06. The van der Waals surface area contributed by atoms with E-state index < -0.39 is 8.80 Å². The van der Waals surface area contributed by atoms with Crippen LogP contribution in [0, 0.1) is 0 Å². The van der Waals surface area contributed by atoms with Crippen LogP contribution in [-0.4, -0.2) is 47.7 Å².